The molecule has 32 heavy (non-hydrogen) atoms. The number of pyridine rings is 1. The molecule has 166 valence electrons. The monoisotopic (exact) mass is 458 g/mol. The van der Waals surface area contributed by atoms with Gasteiger partial charge < -0.3 is 5.32 Å². The highest BCUT2D eigenvalue weighted by atomic mass is 35.5. The summed E-state index contributed by atoms with van der Waals surface area (Å²) in [6, 6.07) is 16.7. The molecule has 1 saturated carbocycles. The van der Waals surface area contributed by atoms with Crippen LogP contribution in [0, 0.1) is 12.8 Å². The molecule has 0 bridgehead atoms. The molecule has 1 amide bonds. The van der Waals surface area contributed by atoms with Crippen molar-refractivity contribution in [3.05, 3.63) is 99.8 Å². The lowest BCUT2D eigenvalue weighted by atomic mass is 9.77. The van der Waals surface area contributed by atoms with Crippen molar-refractivity contribution < 1.29 is 18.0 Å². The van der Waals surface area contributed by atoms with E-state index in [4.69, 9.17) is 11.6 Å². The first kappa shape index (κ1) is 22.3. The van der Waals surface area contributed by atoms with Gasteiger partial charge in [0.15, 0.2) is 0 Å². The van der Waals surface area contributed by atoms with Crippen LogP contribution in [0.1, 0.15) is 40.8 Å². The van der Waals surface area contributed by atoms with Gasteiger partial charge in [0.05, 0.1) is 16.3 Å². The molecule has 3 aromatic rings. The van der Waals surface area contributed by atoms with Crippen molar-refractivity contribution in [1.29, 1.82) is 0 Å². The van der Waals surface area contributed by atoms with E-state index < -0.39 is 17.3 Å². The molecule has 2 aromatic carbocycles. The van der Waals surface area contributed by atoms with Crippen LogP contribution in [0.4, 0.5) is 13.2 Å². The minimum absolute atomic E-state index is 0.0591. The van der Waals surface area contributed by atoms with Crippen LogP contribution in [0.3, 0.4) is 0 Å². The quantitative estimate of drug-likeness (QED) is 0.486. The largest absolute Gasteiger partial charge is 0.416 e. The lowest BCUT2D eigenvalue weighted by Crippen LogP contribution is -2.50. The number of carbonyl (C=O) groups is 1. The van der Waals surface area contributed by atoms with Crippen molar-refractivity contribution in [2.45, 2.75) is 37.9 Å². The fourth-order valence-corrected chi connectivity index (χ4v) is 4.20. The van der Waals surface area contributed by atoms with Crippen LogP contribution in [0.5, 0.6) is 0 Å². The Hall–Kier alpha value is -2.86. The zero-order valence-corrected chi connectivity index (χ0v) is 18.2. The summed E-state index contributed by atoms with van der Waals surface area (Å²) < 4.78 is 41.3. The molecule has 3 nitrogen and oxygen atoms in total. The molecule has 1 N–H and O–H groups in total. The molecule has 1 aromatic heterocycles. The molecular weight excluding hydrogens is 437 g/mol. The second-order valence-corrected chi connectivity index (χ2v) is 8.61. The van der Waals surface area contributed by atoms with Gasteiger partial charge in [-0.3, -0.25) is 9.78 Å². The van der Waals surface area contributed by atoms with Gasteiger partial charge in [0.2, 0.25) is 5.91 Å². The van der Waals surface area contributed by atoms with Crippen LogP contribution >= 0.6 is 11.6 Å². The van der Waals surface area contributed by atoms with Crippen LogP contribution in [0.25, 0.3) is 0 Å². The summed E-state index contributed by atoms with van der Waals surface area (Å²) in [5.41, 5.74) is -0.318. The molecule has 0 aliphatic heterocycles. The van der Waals surface area contributed by atoms with E-state index in [1.165, 1.54) is 19.2 Å². The summed E-state index contributed by atoms with van der Waals surface area (Å²) in [4.78, 5) is 17.5. The van der Waals surface area contributed by atoms with Crippen molar-refractivity contribution in [1.82, 2.24) is 10.3 Å². The van der Waals surface area contributed by atoms with E-state index in [1.807, 2.05) is 30.3 Å². The lowest BCUT2D eigenvalue weighted by molar-refractivity contribution is -0.138. The standard InChI is InChI=1S/C25H22ClF3N2O/c1-16-20(8-5-9-21(16)25(27,28)29)24(31-23(32)18-10-11-18,14-17-6-3-2-4-7-17)22-13-12-19(26)15-30-22/h2-9,12-13,15,18H,10-11,14H2,1H3,(H,31,32)/t24-/m0/s1. The van der Waals surface area contributed by atoms with E-state index in [0.717, 1.165) is 24.5 Å². The van der Waals surface area contributed by atoms with Crippen molar-refractivity contribution in [2.75, 3.05) is 0 Å². The summed E-state index contributed by atoms with van der Waals surface area (Å²) >= 11 is 6.05. The van der Waals surface area contributed by atoms with Crippen molar-refractivity contribution in [2.24, 2.45) is 5.92 Å². The third-order valence-corrected chi connectivity index (χ3v) is 6.08. The average Bonchev–Trinajstić information content (AvgIpc) is 3.59. The van der Waals surface area contributed by atoms with Crippen molar-refractivity contribution in [3.63, 3.8) is 0 Å². The summed E-state index contributed by atoms with van der Waals surface area (Å²) in [6.45, 7) is 1.44. The fraction of sp³-hybridized carbons (Fsp3) is 0.280. The highest BCUT2D eigenvalue weighted by molar-refractivity contribution is 6.30. The van der Waals surface area contributed by atoms with E-state index in [9.17, 15) is 18.0 Å². The molecule has 0 saturated heterocycles. The number of nitrogens with zero attached hydrogens (tertiary/aromatic N) is 1. The molecule has 0 unspecified atom stereocenters. The third-order valence-electron chi connectivity index (χ3n) is 5.86. The number of alkyl halides is 3. The normalized spacial score (nSPS) is 15.8. The maximum atomic E-state index is 13.8. The smallest absolute Gasteiger partial charge is 0.340 e. The Labute approximate surface area is 189 Å². The SMILES string of the molecule is Cc1c(C(F)(F)F)cccc1[C@](Cc1ccccc1)(NC(=O)C1CC1)c1ccc(Cl)cn1. The van der Waals surface area contributed by atoms with Crippen molar-refractivity contribution >= 4 is 17.5 Å². The molecule has 1 aliphatic rings. The topological polar surface area (TPSA) is 42.0 Å². The first-order valence-electron chi connectivity index (χ1n) is 10.4. The maximum absolute atomic E-state index is 13.8. The fourth-order valence-electron chi connectivity index (χ4n) is 4.09. The Morgan fingerprint density at radius 1 is 1.03 bits per heavy atom. The Morgan fingerprint density at radius 3 is 2.31 bits per heavy atom. The number of amides is 1. The molecular formula is C25H22ClF3N2O. The van der Waals surface area contributed by atoms with E-state index >= 15 is 0 Å². The number of benzene rings is 2. The predicted octanol–water partition coefficient (Wildman–Crippen LogP) is 6.07. The highest BCUT2D eigenvalue weighted by Gasteiger charge is 2.44. The summed E-state index contributed by atoms with van der Waals surface area (Å²) in [5.74, 6) is -0.321. The lowest BCUT2D eigenvalue weighted by Gasteiger charge is -2.37. The maximum Gasteiger partial charge on any atom is 0.416 e. The Morgan fingerprint density at radius 2 is 1.72 bits per heavy atom. The highest BCUT2D eigenvalue weighted by Crippen LogP contribution is 2.41. The first-order chi connectivity index (χ1) is 15.2. The van der Waals surface area contributed by atoms with Gasteiger partial charge in [0.25, 0.3) is 0 Å². The zero-order valence-electron chi connectivity index (χ0n) is 17.4. The molecule has 1 heterocycles. The molecule has 1 atom stereocenters. The Kier molecular flexibility index (Phi) is 5.99. The van der Waals surface area contributed by atoms with E-state index in [-0.39, 0.29) is 23.8 Å². The van der Waals surface area contributed by atoms with Gasteiger partial charge in [-0.05, 0) is 54.7 Å². The number of hydrogen-bond acceptors (Lipinski definition) is 2. The summed E-state index contributed by atoms with van der Waals surface area (Å²) in [5, 5.41) is 3.50. The van der Waals surface area contributed by atoms with E-state index in [0.29, 0.717) is 16.3 Å². The van der Waals surface area contributed by atoms with Crippen molar-refractivity contribution in [3.8, 4) is 0 Å². The second kappa shape index (κ2) is 8.58. The Balaban J connectivity index is 1.97. The minimum Gasteiger partial charge on any atom is -0.340 e. The van der Waals surface area contributed by atoms with Crippen LogP contribution in [-0.2, 0) is 22.9 Å². The number of aromatic nitrogens is 1. The molecule has 7 heteroatoms. The minimum atomic E-state index is -4.52. The zero-order chi connectivity index (χ0) is 22.9. The van der Waals surface area contributed by atoms with Gasteiger partial charge >= 0.3 is 6.18 Å². The predicted molar refractivity (Wildman–Crippen MR) is 117 cm³/mol. The van der Waals surface area contributed by atoms with Crippen LogP contribution in [0.2, 0.25) is 5.02 Å². The van der Waals surface area contributed by atoms with Gasteiger partial charge in [0.1, 0.15) is 5.54 Å². The number of nitrogens with one attached hydrogen (secondary N) is 1. The first-order valence-corrected chi connectivity index (χ1v) is 10.7. The Bertz CT molecular complexity index is 1110. The average molecular weight is 459 g/mol. The van der Waals surface area contributed by atoms with Gasteiger partial charge in [0, 0.05) is 18.5 Å². The molecule has 4 rings (SSSR count). The van der Waals surface area contributed by atoms with Gasteiger partial charge in [-0.1, -0.05) is 54.1 Å². The number of carbonyl (C=O) groups excluding carboxylic acids is 1. The third kappa shape index (κ3) is 4.51. The van der Waals surface area contributed by atoms with Crippen LogP contribution in [-0.4, -0.2) is 10.9 Å². The second-order valence-electron chi connectivity index (χ2n) is 8.17. The van der Waals surface area contributed by atoms with Crippen LogP contribution < -0.4 is 5.32 Å². The molecule has 1 aliphatic carbocycles. The number of hydrogen-bond donors (Lipinski definition) is 1. The van der Waals surface area contributed by atoms with E-state index in [2.05, 4.69) is 10.3 Å². The molecule has 0 spiro atoms. The molecule has 1 fully saturated rings. The molecule has 0 radical (unpaired) electrons. The van der Waals surface area contributed by atoms with E-state index in [1.54, 1.807) is 18.2 Å². The summed E-state index contributed by atoms with van der Waals surface area (Å²) in [6.07, 6.45) is -1.30. The van der Waals surface area contributed by atoms with Gasteiger partial charge in [-0.25, -0.2) is 0 Å². The summed E-state index contributed by atoms with van der Waals surface area (Å²) in [7, 11) is 0. The van der Waals surface area contributed by atoms with Gasteiger partial charge in [-0.15, -0.1) is 0 Å². The number of rotatable bonds is 6. The van der Waals surface area contributed by atoms with Gasteiger partial charge in [-0.2, -0.15) is 13.2 Å². The van der Waals surface area contributed by atoms with Crippen LogP contribution in [0.15, 0.2) is 66.9 Å². The number of halogens is 4.